The minimum absolute atomic E-state index is 0.465. The monoisotopic (exact) mass is 286 g/mol. The third-order valence-electron chi connectivity index (χ3n) is 3.77. The van der Waals surface area contributed by atoms with Crippen LogP contribution >= 0.6 is 0 Å². The number of amides is 1. The normalized spacial score (nSPS) is 15.5. The molecule has 0 atom stereocenters. The highest BCUT2D eigenvalue weighted by Gasteiger charge is 2.14. The molecule has 0 spiro atoms. The topological polar surface area (TPSA) is 59.4 Å². The molecule has 2 rings (SSSR count). The molecule has 1 aromatic rings. The number of benzene rings is 1. The van der Waals surface area contributed by atoms with Crippen LogP contribution in [0.1, 0.15) is 12.0 Å². The molecule has 1 heterocycles. The number of nitriles is 1. The van der Waals surface area contributed by atoms with E-state index in [9.17, 15) is 4.79 Å². The standard InChI is InChI=1S/C16H22N4O/c17-7-6-15-2-4-16(5-3-15)18-8-1-9-19-10-12-20(14-21)13-11-19/h2-5,14,18H,1,6,8-13H2. The third-order valence-corrected chi connectivity index (χ3v) is 3.77. The maximum atomic E-state index is 10.6. The van der Waals surface area contributed by atoms with Crippen molar-refractivity contribution >= 4 is 12.1 Å². The molecule has 1 amide bonds. The summed E-state index contributed by atoms with van der Waals surface area (Å²) in [7, 11) is 0. The molecule has 0 aromatic heterocycles. The number of nitrogens with zero attached hydrogens (tertiary/aromatic N) is 3. The van der Waals surface area contributed by atoms with Crippen LogP contribution in [0.25, 0.3) is 0 Å². The Kier molecular flexibility index (Phi) is 6.04. The molecular weight excluding hydrogens is 264 g/mol. The Balaban J connectivity index is 1.61. The van der Waals surface area contributed by atoms with Gasteiger partial charge in [-0.25, -0.2) is 0 Å². The second-order valence-electron chi connectivity index (χ2n) is 5.30. The number of carbonyl (C=O) groups excluding carboxylic acids is 1. The summed E-state index contributed by atoms with van der Waals surface area (Å²) in [6, 6.07) is 10.2. The molecule has 1 saturated heterocycles. The zero-order chi connectivity index (χ0) is 14.9. The van der Waals surface area contributed by atoms with E-state index < -0.39 is 0 Å². The van der Waals surface area contributed by atoms with Crippen LogP contribution in [0, 0.1) is 11.3 Å². The molecule has 1 aliphatic rings. The number of piperazine rings is 1. The smallest absolute Gasteiger partial charge is 0.209 e. The minimum Gasteiger partial charge on any atom is -0.385 e. The van der Waals surface area contributed by atoms with Crippen molar-refractivity contribution in [2.45, 2.75) is 12.8 Å². The molecule has 0 saturated carbocycles. The maximum absolute atomic E-state index is 10.6. The number of rotatable bonds is 7. The van der Waals surface area contributed by atoms with Crippen molar-refractivity contribution in [1.82, 2.24) is 9.80 Å². The molecule has 0 aliphatic carbocycles. The minimum atomic E-state index is 0.465. The summed E-state index contributed by atoms with van der Waals surface area (Å²) in [5.41, 5.74) is 2.15. The van der Waals surface area contributed by atoms with Gasteiger partial charge in [-0.05, 0) is 30.7 Å². The predicted octanol–water partition coefficient (Wildman–Crippen LogP) is 1.33. The van der Waals surface area contributed by atoms with Crippen LogP contribution in [0.4, 0.5) is 5.69 Å². The lowest BCUT2D eigenvalue weighted by molar-refractivity contribution is -0.119. The van der Waals surface area contributed by atoms with Crippen LogP contribution in [-0.2, 0) is 11.2 Å². The summed E-state index contributed by atoms with van der Waals surface area (Å²) in [5, 5.41) is 12.0. The average Bonchev–Trinajstić information content (AvgIpc) is 2.54. The summed E-state index contributed by atoms with van der Waals surface area (Å²) >= 11 is 0. The number of carbonyl (C=O) groups is 1. The van der Waals surface area contributed by atoms with E-state index in [2.05, 4.69) is 16.3 Å². The Labute approximate surface area is 126 Å². The molecule has 112 valence electrons. The van der Waals surface area contributed by atoms with E-state index >= 15 is 0 Å². The van der Waals surface area contributed by atoms with Crippen molar-refractivity contribution in [3.05, 3.63) is 29.8 Å². The summed E-state index contributed by atoms with van der Waals surface area (Å²) in [5.74, 6) is 0. The van der Waals surface area contributed by atoms with Gasteiger partial charge in [0.25, 0.3) is 0 Å². The van der Waals surface area contributed by atoms with Gasteiger partial charge < -0.3 is 10.2 Å². The highest BCUT2D eigenvalue weighted by molar-refractivity contribution is 5.47. The highest BCUT2D eigenvalue weighted by atomic mass is 16.1. The van der Waals surface area contributed by atoms with Crippen molar-refractivity contribution in [3.63, 3.8) is 0 Å². The SMILES string of the molecule is N#CCc1ccc(NCCCN2CCN(C=O)CC2)cc1. The second kappa shape index (κ2) is 8.28. The third kappa shape index (κ3) is 5.09. The van der Waals surface area contributed by atoms with Crippen LogP contribution in [0.5, 0.6) is 0 Å². The Morgan fingerprint density at radius 3 is 2.52 bits per heavy atom. The number of anilines is 1. The summed E-state index contributed by atoms with van der Waals surface area (Å²) in [4.78, 5) is 14.9. The van der Waals surface area contributed by atoms with Crippen molar-refractivity contribution in [2.24, 2.45) is 0 Å². The van der Waals surface area contributed by atoms with Crippen LogP contribution < -0.4 is 5.32 Å². The fraction of sp³-hybridized carbons (Fsp3) is 0.500. The molecule has 5 nitrogen and oxygen atoms in total. The van der Waals surface area contributed by atoms with Crippen molar-refractivity contribution in [3.8, 4) is 6.07 Å². The molecule has 0 radical (unpaired) electrons. The van der Waals surface area contributed by atoms with E-state index in [1.165, 1.54) is 0 Å². The number of hydrogen-bond acceptors (Lipinski definition) is 4. The zero-order valence-electron chi connectivity index (χ0n) is 12.3. The zero-order valence-corrected chi connectivity index (χ0v) is 12.3. The van der Waals surface area contributed by atoms with Gasteiger partial charge in [0.2, 0.25) is 6.41 Å². The van der Waals surface area contributed by atoms with E-state index in [0.29, 0.717) is 6.42 Å². The quantitative estimate of drug-likeness (QED) is 0.607. The predicted molar refractivity (Wildman–Crippen MR) is 82.9 cm³/mol. The maximum Gasteiger partial charge on any atom is 0.209 e. The molecule has 0 unspecified atom stereocenters. The first-order valence-electron chi connectivity index (χ1n) is 7.43. The fourth-order valence-electron chi connectivity index (χ4n) is 2.46. The van der Waals surface area contributed by atoms with E-state index in [1.807, 2.05) is 29.2 Å². The first kappa shape index (κ1) is 15.3. The van der Waals surface area contributed by atoms with Crippen molar-refractivity contribution in [2.75, 3.05) is 44.6 Å². The number of nitrogens with one attached hydrogen (secondary N) is 1. The van der Waals surface area contributed by atoms with E-state index in [4.69, 9.17) is 5.26 Å². The highest BCUT2D eigenvalue weighted by Crippen LogP contribution is 2.10. The van der Waals surface area contributed by atoms with Crippen LogP contribution in [-0.4, -0.2) is 55.5 Å². The van der Waals surface area contributed by atoms with E-state index in [1.54, 1.807) is 0 Å². The first-order valence-corrected chi connectivity index (χ1v) is 7.43. The molecule has 0 bridgehead atoms. The van der Waals surface area contributed by atoms with Gasteiger partial charge in [0.1, 0.15) is 0 Å². The van der Waals surface area contributed by atoms with Crippen molar-refractivity contribution < 1.29 is 4.79 Å². The van der Waals surface area contributed by atoms with Gasteiger partial charge >= 0.3 is 0 Å². The first-order chi connectivity index (χ1) is 10.3. The summed E-state index contributed by atoms with van der Waals surface area (Å²) in [6.45, 7) is 5.63. The van der Waals surface area contributed by atoms with Gasteiger partial charge in [-0.15, -0.1) is 0 Å². The average molecular weight is 286 g/mol. The Hall–Kier alpha value is -2.06. The fourth-order valence-corrected chi connectivity index (χ4v) is 2.46. The Bertz CT molecular complexity index is 472. The van der Waals surface area contributed by atoms with Gasteiger partial charge in [-0.1, -0.05) is 12.1 Å². The molecule has 1 aromatic carbocycles. The van der Waals surface area contributed by atoms with Crippen molar-refractivity contribution in [1.29, 1.82) is 5.26 Å². The molecule has 1 N–H and O–H groups in total. The lowest BCUT2D eigenvalue weighted by atomic mass is 10.1. The van der Waals surface area contributed by atoms with Gasteiger partial charge in [0.15, 0.2) is 0 Å². The van der Waals surface area contributed by atoms with Gasteiger partial charge in [0, 0.05) is 38.4 Å². The van der Waals surface area contributed by atoms with Crippen LogP contribution in [0.2, 0.25) is 0 Å². The lowest BCUT2D eigenvalue weighted by Gasteiger charge is -2.32. The second-order valence-corrected chi connectivity index (χ2v) is 5.30. The molecule has 1 fully saturated rings. The van der Waals surface area contributed by atoms with Gasteiger partial charge in [-0.3, -0.25) is 9.69 Å². The Morgan fingerprint density at radius 2 is 1.90 bits per heavy atom. The largest absolute Gasteiger partial charge is 0.385 e. The Morgan fingerprint density at radius 1 is 1.19 bits per heavy atom. The van der Waals surface area contributed by atoms with Gasteiger partial charge in [0.05, 0.1) is 12.5 Å². The lowest BCUT2D eigenvalue weighted by Crippen LogP contribution is -2.46. The van der Waals surface area contributed by atoms with Crippen LogP contribution in [0.3, 0.4) is 0 Å². The molecule has 5 heteroatoms. The molecule has 21 heavy (non-hydrogen) atoms. The summed E-state index contributed by atoms with van der Waals surface area (Å²) in [6.07, 6.45) is 2.49. The molecule has 1 aliphatic heterocycles. The van der Waals surface area contributed by atoms with Gasteiger partial charge in [-0.2, -0.15) is 5.26 Å². The van der Waals surface area contributed by atoms with Crippen LogP contribution in [0.15, 0.2) is 24.3 Å². The van der Waals surface area contributed by atoms with E-state index in [-0.39, 0.29) is 0 Å². The summed E-state index contributed by atoms with van der Waals surface area (Å²) < 4.78 is 0. The number of hydrogen-bond donors (Lipinski definition) is 1. The molecular formula is C16H22N4O. The van der Waals surface area contributed by atoms with E-state index in [0.717, 1.165) is 63.4 Å².